The summed E-state index contributed by atoms with van der Waals surface area (Å²) < 4.78 is 0. The number of aromatic amines is 1. The van der Waals surface area contributed by atoms with Crippen LogP contribution >= 0.6 is 0 Å². The summed E-state index contributed by atoms with van der Waals surface area (Å²) in [5.74, 6) is -0.561. The first-order valence-corrected chi connectivity index (χ1v) is 14.1. The third kappa shape index (κ3) is 5.75. The van der Waals surface area contributed by atoms with Gasteiger partial charge in [-0.15, -0.1) is 0 Å². The van der Waals surface area contributed by atoms with E-state index >= 15 is 0 Å². The van der Waals surface area contributed by atoms with Crippen LogP contribution in [0.3, 0.4) is 0 Å². The number of hydrogen-bond acceptors (Lipinski definition) is 7. The summed E-state index contributed by atoms with van der Waals surface area (Å²) >= 11 is 0. The normalized spacial score (nSPS) is 17.2. The van der Waals surface area contributed by atoms with Crippen LogP contribution in [0.25, 0.3) is 17.0 Å². The highest BCUT2D eigenvalue weighted by atomic mass is 16.6. The maximum absolute atomic E-state index is 12.2. The van der Waals surface area contributed by atoms with Crippen molar-refractivity contribution in [2.45, 2.75) is 25.8 Å². The molecule has 0 unspecified atom stereocenters. The van der Waals surface area contributed by atoms with Crippen LogP contribution in [0.2, 0.25) is 0 Å². The van der Waals surface area contributed by atoms with Gasteiger partial charge in [0.15, 0.2) is 5.88 Å². The van der Waals surface area contributed by atoms with Gasteiger partial charge in [-0.05, 0) is 61.3 Å². The number of nitrogens with one attached hydrogen (secondary N) is 2. The molecule has 0 saturated carbocycles. The van der Waals surface area contributed by atoms with Crippen molar-refractivity contribution in [3.63, 3.8) is 0 Å². The minimum atomic E-state index is -0.483. The number of hydrogen-bond donors (Lipinski definition) is 3. The summed E-state index contributed by atoms with van der Waals surface area (Å²) in [6, 6.07) is 19.0. The van der Waals surface area contributed by atoms with Crippen molar-refractivity contribution in [2.24, 2.45) is 4.99 Å². The van der Waals surface area contributed by atoms with Gasteiger partial charge in [-0.1, -0.05) is 42.8 Å². The lowest BCUT2D eigenvalue weighted by Crippen LogP contribution is -2.29. The number of likely N-dealkylation sites (N-methyl/N-ethyl adjacent to an activating group) is 1. The molecule has 0 atom stereocenters. The van der Waals surface area contributed by atoms with Gasteiger partial charge in [0.05, 0.1) is 21.9 Å². The second-order valence-corrected chi connectivity index (χ2v) is 10.8. The molecule has 11 heteroatoms. The van der Waals surface area contributed by atoms with Crippen LogP contribution in [0.15, 0.2) is 77.4 Å². The van der Waals surface area contributed by atoms with Crippen molar-refractivity contribution in [1.29, 1.82) is 0 Å². The molecule has 0 radical (unpaired) electrons. The number of H-pyrrole nitrogens is 1. The van der Waals surface area contributed by atoms with Gasteiger partial charge in [-0.3, -0.25) is 24.7 Å². The molecule has 2 aliphatic rings. The minimum absolute atomic E-state index is 0.0967. The van der Waals surface area contributed by atoms with Crippen LogP contribution < -0.4 is 5.32 Å². The average Bonchev–Trinajstić information content (AvgIpc) is 3.46. The number of aliphatic imine (C=N–C) groups is 1. The third-order valence-corrected chi connectivity index (χ3v) is 7.82. The predicted molar refractivity (Wildman–Crippen MR) is 163 cm³/mol. The fourth-order valence-electron chi connectivity index (χ4n) is 5.49. The van der Waals surface area contributed by atoms with Crippen molar-refractivity contribution >= 4 is 46.0 Å². The molecule has 43 heavy (non-hydrogen) atoms. The van der Waals surface area contributed by atoms with Crippen LogP contribution in [-0.4, -0.2) is 62.6 Å². The Labute approximate surface area is 247 Å². The molecule has 4 aromatic rings. The lowest BCUT2D eigenvalue weighted by molar-refractivity contribution is -0.384. The molecule has 3 N–H and O–H groups in total. The Morgan fingerprint density at radius 3 is 2.40 bits per heavy atom. The molecule has 2 fully saturated rings. The first kappa shape index (κ1) is 27.9. The fourth-order valence-corrected chi connectivity index (χ4v) is 5.49. The molecule has 2 aliphatic heterocycles. The molecule has 3 aromatic carbocycles. The highest BCUT2D eigenvalue weighted by Gasteiger charge is 2.30. The first-order chi connectivity index (χ1) is 20.8. The summed E-state index contributed by atoms with van der Waals surface area (Å²) in [4.78, 5) is 46.4. The lowest BCUT2D eigenvalue weighted by atomic mass is 9.99. The van der Waals surface area contributed by atoms with Crippen molar-refractivity contribution < 1.29 is 19.6 Å². The Bertz CT molecular complexity index is 1780. The number of non-ortho nitro benzene ring substituents is 1. The Hall–Kier alpha value is -5.29. The maximum Gasteiger partial charge on any atom is 0.328 e. The quantitative estimate of drug-likeness (QED) is 0.0874. The zero-order valence-electron chi connectivity index (χ0n) is 23.5. The molecule has 6 rings (SSSR count). The molecule has 218 valence electrons. The highest BCUT2D eigenvalue weighted by molar-refractivity contribution is 6.22. The number of aromatic hydroxyl groups is 1. The summed E-state index contributed by atoms with van der Waals surface area (Å²) in [7, 11) is 1.41. The molecular formula is C32H30N6O5. The van der Waals surface area contributed by atoms with Gasteiger partial charge >= 0.3 is 6.03 Å². The smallest absolute Gasteiger partial charge is 0.328 e. The number of nitrogens with zero attached hydrogens (tertiary/aromatic N) is 4. The van der Waals surface area contributed by atoms with Crippen molar-refractivity contribution in [3.05, 3.63) is 105 Å². The molecule has 11 nitrogen and oxygen atoms in total. The number of piperidine rings is 1. The van der Waals surface area contributed by atoms with Crippen LogP contribution in [0.5, 0.6) is 5.88 Å². The number of nitro benzene ring substituents is 1. The van der Waals surface area contributed by atoms with E-state index in [1.54, 1.807) is 36.4 Å². The second kappa shape index (κ2) is 11.5. The summed E-state index contributed by atoms with van der Waals surface area (Å²) in [5.41, 5.74) is 4.58. The molecule has 0 bridgehead atoms. The standard InChI is InChI=1S/C32H30N6O5/c1-36-31(40)27(35-32(36)41)17-20-7-11-23(12-8-20)33-29(22-9-5-21(6-10-22)19-37-15-3-2-4-16-37)28-25-18-24(38(42)43)13-14-26(25)34-30(28)39/h5-14,17-18,34,39H,2-4,15-16,19H2,1H3,(H,35,41)/b27-17-,33-29?. The zero-order valence-corrected chi connectivity index (χ0v) is 23.5. The van der Waals surface area contributed by atoms with E-state index in [2.05, 4.69) is 15.2 Å². The number of imide groups is 1. The van der Waals surface area contributed by atoms with E-state index in [-0.39, 0.29) is 17.3 Å². The van der Waals surface area contributed by atoms with Gasteiger partial charge in [0.25, 0.3) is 11.6 Å². The van der Waals surface area contributed by atoms with Crippen LogP contribution in [-0.2, 0) is 11.3 Å². The zero-order chi connectivity index (χ0) is 30.1. The topological polar surface area (TPSA) is 144 Å². The lowest BCUT2D eigenvalue weighted by Gasteiger charge is -2.26. The molecule has 0 spiro atoms. The first-order valence-electron chi connectivity index (χ1n) is 14.1. The maximum atomic E-state index is 12.2. The number of nitro groups is 1. The van der Waals surface area contributed by atoms with Gasteiger partial charge in [-0.2, -0.15) is 0 Å². The number of fused-ring (bicyclic) bond motifs is 1. The monoisotopic (exact) mass is 578 g/mol. The molecule has 3 amide bonds. The van der Waals surface area contributed by atoms with Gasteiger partial charge in [0.1, 0.15) is 5.70 Å². The summed E-state index contributed by atoms with van der Waals surface area (Å²) in [5, 5.41) is 25.6. The number of amides is 3. The van der Waals surface area contributed by atoms with Gasteiger partial charge in [-0.25, -0.2) is 9.79 Å². The largest absolute Gasteiger partial charge is 0.494 e. The number of benzene rings is 3. The molecule has 2 saturated heterocycles. The number of rotatable bonds is 7. The van der Waals surface area contributed by atoms with E-state index in [1.807, 2.05) is 24.3 Å². The van der Waals surface area contributed by atoms with E-state index in [0.29, 0.717) is 33.4 Å². The van der Waals surface area contributed by atoms with Crippen molar-refractivity contribution in [1.82, 2.24) is 20.1 Å². The van der Waals surface area contributed by atoms with E-state index in [1.165, 1.54) is 44.0 Å². The van der Waals surface area contributed by atoms with Crippen molar-refractivity contribution in [2.75, 3.05) is 20.1 Å². The molecule has 0 aliphatic carbocycles. The Morgan fingerprint density at radius 2 is 1.74 bits per heavy atom. The predicted octanol–water partition coefficient (Wildman–Crippen LogP) is 5.46. The number of carbonyl (C=O) groups excluding carboxylic acids is 2. The van der Waals surface area contributed by atoms with Crippen LogP contribution in [0.4, 0.5) is 16.2 Å². The second-order valence-electron chi connectivity index (χ2n) is 10.8. The molecule has 1 aromatic heterocycles. The van der Waals surface area contributed by atoms with Gasteiger partial charge in [0, 0.05) is 42.2 Å². The summed E-state index contributed by atoms with van der Waals surface area (Å²) in [6.45, 7) is 3.02. The van der Waals surface area contributed by atoms with Crippen LogP contribution in [0.1, 0.15) is 41.5 Å². The Balaban J connectivity index is 1.39. The number of aromatic nitrogens is 1. The Kier molecular flexibility index (Phi) is 7.47. The number of likely N-dealkylation sites (tertiary alicyclic amines) is 1. The number of urea groups is 1. The third-order valence-electron chi connectivity index (χ3n) is 7.82. The van der Waals surface area contributed by atoms with Crippen LogP contribution in [0, 0.1) is 10.1 Å². The fraction of sp³-hybridized carbons (Fsp3) is 0.219. The molecule has 3 heterocycles. The van der Waals surface area contributed by atoms with E-state index in [4.69, 9.17) is 4.99 Å². The Morgan fingerprint density at radius 1 is 1.02 bits per heavy atom. The number of carbonyl (C=O) groups is 2. The highest BCUT2D eigenvalue weighted by Crippen LogP contribution is 2.34. The average molecular weight is 579 g/mol. The van der Waals surface area contributed by atoms with Crippen molar-refractivity contribution in [3.8, 4) is 5.88 Å². The van der Waals surface area contributed by atoms with Gasteiger partial charge in [0.2, 0.25) is 0 Å². The van der Waals surface area contributed by atoms with E-state index in [0.717, 1.165) is 30.1 Å². The van der Waals surface area contributed by atoms with Gasteiger partial charge < -0.3 is 15.4 Å². The SMILES string of the molecule is CN1C(=O)N/C(=C\c2ccc(N=C(c3ccc(CN4CCCCC4)cc3)c3c(O)[nH]c4ccc([N+](=O)[O-])cc34)cc2)C1=O. The minimum Gasteiger partial charge on any atom is -0.494 e. The molecular weight excluding hydrogens is 548 g/mol. The summed E-state index contributed by atoms with van der Waals surface area (Å²) in [6.07, 6.45) is 5.27. The van der Waals surface area contributed by atoms with E-state index < -0.39 is 16.9 Å². The van der Waals surface area contributed by atoms with E-state index in [9.17, 15) is 24.8 Å².